The number of halogens is 1. The molecular formula is C25H22ClN5O2S. The standard InChI is InChI=1S/C25H22ClN5O2S/c1-15-3-9-20(10-4-15)30-13-18(12-23(30)32)24(33)28-22-11-16(2)29-31(22)25-27-21(14-34-25)17-5-7-19(26)8-6-17/h3-11,14,18H,12-13H2,1-2H3,(H,28,33). The van der Waals surface area contributed by atoms with Crippen LogP contribution in [-0.4, -0.2) is 33.1 Å². The Bertz CT molecular complexity index is 1360. The van der Waals surface area contributed by atoms with Crippen LogP contribution in [0.1, 0.15) is 17.7 Å². The summed E-state index contributed by atoms with van der Waals surface area (Å²) in [6, 6.07) is 17.0. The summed E-state index contributed by atoms with van der Waals surface area (Å²) in [4.78, 5) is 32.0. The molecule has 1 unspecified atom stereocenters. The molecule has 34 heavy (non-hydrogen) atoms. The topological polar surface area (TPSA) is 80.1 Å². The Morgan fingerprint density at radius 3 is 2.59 bits per heavy atom. The van der Waals surface area contributed by atoms with E-state index in [4.69, 9.17) is 16.6 Å². The summed E-state index contributed by atoms with van der Waals surface area (Å²) < 4.78 is 1.63. The number of benzene rings is 2. The smallest absolute Gasteiger partial charge is 0.230 e. The number of thiazole rings is 1. The molecule has 1 atom stereocenters. The lowest BCUT2D eigenvalue weighted by molar-refractivity contribution is -0.122. The van der Waals surface area contributed by atoms with Crippen LogP contribution in [0.4, 0.5) is 11.5 Å². The van der Waals surface area contributed by atoms with Crippen LogP contribution in [0.3, 0.4) is 0 Å². The highest BCUT2D eigenvalue weighted by molar-refractivity contribution is 7.12. The highest BCUT2D eigenvalue weighted by Gasteiger charge is 2.35. The molecule has 0 aliphatic carbocycles. The second-order valence-corrected chi connectivity index (χ2v) is 9.61. The molecule has 1 aliphatic rings. The van der Waals surface area contributed by atoms with Crippen molar-refractivity contribution in [2.45, 2.75) is 20.3 Å². The molecule has 9 heteroatoms. The number of aryl methyl sites for hydroxylation is 2. The molecular weight excluding hydrogens is 470 g/mol. The fraction of sp³-hybridized carbons (Fsp3) is 0.200. The number of aromatic nitrogens is 3. The molecule has 1 N–H and O–H groups in total. The van der Waals surface area contributed by atoms with Crippen LogP contribution < -0.4 is 10.2 Å². The molecule has 5 rings (SSSR count). The Labute approximate surface area is 206 Å². The first-order chi connectivity index (χ1) is 16.4. The van der Waals surface area contributed by atoms with Gasteiger partial charge >= 0.3 is 0 Å². The Kier molecular flexibility index (Phi) is 5.93. The molecule has 0 saturated carbocycles. The lowest BCUT2D eigenvalue weighted by atomic mass is 10.1. The van der Waals surface area contributed by atoms with Crippen molar-refractivity contribution in [3.63, 3.8) is 0 Å². The van der Waals surface area contributed by atoms with E-state index >= 15 is 0 Å². The number of nitrogens with zero attached hydrogens (tertiary/aromatic N) is 4. The van der Waals surface area contributed by atoms with E-state index in [1.807, 2.05) is 67.8 Å². The van der Waals surface area contributed by atoms with E-state index in [0.29, 0.717) is 22.5 Å². The van der Waals surface area contributed by atoms with Gasteiger partial charge in [0.1, 0.15) is 5.82 Å². The van der Waals surface area contributed by atoms with Gasteiger partial charge in [-0.1, -0.05) is 41.4 Å². The highest BCUT2D eigenvalue weighted by atomic mass is 35.5. The zero-order chi connectivity index (χ0) is 23.8. The zero-order valence-electron chi connectivity index (χ0n) is 18.7. The maximum Gasteiger partial charge on any atom is 0.230 e. The van der Waals surface area contributed by atoms with Crippen LogP contribution >= 0.6 is 22.9 Å². The minimum atomic E-state index is -0.446. The van der Waals surface area contributed by atoms with Gasteiger partial charge in [-0.15, -0.1) is 11.3 Å². The molecule has 0 spiro atoms. The van der Waals surface area contributed by atoms with Crippen LogP contribution in [0.5, 0.6) is 0 Å². The second kappa shape index (κ2) is 9.04. The predicted octanol–water partition coefficient (Wildman–Crippen LogP) is 5.26. The predicted molar refractivity (Wildman–Crippen MR) is 135 cm³/mol. The van der Waals surface area contributed by atoms with Crippen LogP contribution in [0, 0.1) is 19.8 Å². The normalized spacial score (nSPS) is 15.7. The van der Waals surface area contributed by atoms with E-state index in [9.17, 15) is 9.59 Å². The first-order valence-corrected chi connectivity index (χ1v) is 12.1. The maximum absolute atomic E-state index is 13.1. The van der Waals surface area contributed by atoms with E-state index in [0.717, 1.165) is 28.2 Å². The van der Waals surface area contributed by atoms with Crippen molar-refractivity contribution in [2.24, 2.45) is 5.92 Å². The minimum Gasteiger partial charge on any atom is -0.312 e. The van der Waals surface area contributed by atoms with Gasteiger partial charge in [0, 0.05) is 40.7 Å². The summed E-state index contributed by atoms with van der Waals surface area (Å²) in [6.45, 7) is 4.20. The van der Waals surface area contributed by atoms with Crippen molar-refractivity contribution in [3.8, 4) is 16.4 Å². The zero-order valence-corrected chi connectivity index (χ0v) is 20.2. The molecule has 1 fully saturated rings. The van der Waals surface area contributed by atoms with E-state index in [1.165, 1.54) is 11.3 Å². The highest BCUT2D eigenvalue weighted by Crippen LogP contribution is 2.29. The van der Waals surface area contributed by atoms with Gasteiger partial charge in [0.2, 0.25) is 16.9 Å². The van der Waals surface area contributed by atoms with E-state index in [-0.39, 0.29) is 18.2 Å². The van der Waals surface area contributed by atoms with Gasteiger partial charge < -0.3 is 10.2 Å². The maximum atomic E-state index is 13.1. The Morgan fingerprint density at radius 2 is 1.85 bits per heavy atom. The van der Waals surface area contributed by atoms with E-state index < -0.39 is 5.92 Å². The SMILES string of the molecule is Cc1ccc(N2CC(C(=O)Nc3cc(C)nn3-c3nc(-c4ccc(Cl)cc4)cs3)CC2=O)cc1. The van der Waals surface area contributed by atoms with Crippen molar-refractivity contribution in [2.75, 3.05) is 16.8 Å². The fourth-order valence-electron chi connectivity index (χ4n) is 3.93. The molecule has 0 bridgehead atoms. The average Bonchev–Trinajstić information content (AvgIpc) is 3.53. The summed E-state index contributed by atoms with van der Waals surface area (Å²) in [5.74, 6) is -0.182. The van der Waals surface area contributed by atoms with Crippen molar-refractivity contribution in [3.05, 3.63) is 76.3 Å². The lowest BCUT2D eigenvalue weighted by Gasteiger charge is -2.17. The third-order valence-electron chi connectivity index (χ3n) is 5.74. The Balaban J connectivity index is 1.33. The molecule has 2 aromatic heterocycles. The van der Waals surface area contributed by atoms with Crippen molar-refractivity contribution in [1.82, 2.24) is 14.8 Å². The Morgan fingerprint density at radius 1 is 1.12 bits per heavy atom. The van der Waals surface area contributed by atoms with E-state index in [2.05, 4.69) is 10.4 Å². The van der Waals surface area contributed by atoms with Gasteiger partial charge in [0.15, 0.2) is 0 Å². The number of anilines is 2. The van der Waals surface area contributed by atoms with Gasteiger partial charge in [-0.2, -0.15) is 9.78 Å². The van der Waals surface area contributed by atoms with E-state index in [1.54, 1.807) is 15.6 Å². The van der Waals surface area contributed by atoms with Crippen molar-refractivity contribution >= 4 is 46.3 Å². The summed E-state index contributed by atoms with van der Waals surface area (Å²) in [7, 11) is 0. The molecule has 172 valence electrons. The minimum absolute atomic E-state index is 0.0544. The van der Waals surface area contributed by atoms with Crippen molar-refractivity contribution < 1.29 is 9.59 Å². The van der Waals surface area contributed by atoms with Gasteiger partial charge in [-0.25, -0.2) is 4.98 Å². The summed E-state index contributed by atoms with van der Waals surface area (Å²) >= 11 is 7.42. The van der Waals surface area contributed by atoms with Gasteiger partial charge in [0.25, 0.3) is 0 Å². The number of hydrogen-bond donors (Lipinski definition) is 1. The fourth-order valence-corrected chi connectivity index (χ4v) is 4.86. The monoisotopic (exact) mass is 491 g/mol. The lowest BCUT2D eigenvalue weighted by Crippen LogP contribution is -2.28. The van der Waals surface area contributed by atoms with Crippen LogP contribution in [0.15, 0.2) is 60.0 Å². The molecule has 2 amide bonds. The molecule has 7 nitrogen and oxygen atoms in total. The molecule has 1 saturated heterocycles. The summed E-state index contributed by atoms with van der Waals surface area (Å²) in [5, 5.41) is 10.7. The number of amides is 2. The van der Waals surface area contributed by atoms with Crippen LogP contribution in [-0.2, 0) is 9.59 Å². The second-order valence-electron chi connectivity index (χ2n) is 8.34. The number of nitrogens with one attached hydrogen (secondary N) is 1. The third kappa shape index (κ3) is 4.47. The molecule has 3 heterocycles. The molecule has 1 aliphatic heterocycles. The molecule has 4 aromatic rings. The van der Waals surface area contributed by atoms with Crippen molar-refractivity contribution in [1.29, 1.82) is 0 Å². The average molecular weight is 492 g/mol. The van der Waals surface area contributed by atoms with Gasteiger partial charge in [-0.3, -0.25) is 9.59 Å². The first-order valence-electron chi connectivity index (χ1n) is 10.8. The number of hydrogen-bond acceptors (Lipinski definition) is 5. The quantitative estimate of drug-likeness (QED) is 0.413. The first kappa shape index (κ1) is 22.3. The summed E-state index contributed by atoms with van der Waals surface area (Å²) in [5.41, 5.74) is 4.43. The number of rotatable bonds is 5. The number of carbonyl (C=O) groups excluding carboxylic acids is 2. The van der Waals surface area contributed by atoms with Crippen LogP contribution in [0.2, 0.25) is 5.02 Å². The number of carbonyl (C=O) groups is 2. The third-order valence-corrected chi connectivity index (χ3v) is 6.81. The summed E-state index contributed by atoms with van der Waals surface area (Å²) in [6.07, 6.45) is 0.171. The van der Waals surface area contributed by atoms with Crippen LogP contribution in [0.25, 0.3) is 16.4 Å². The van der Waals surface area contributed by atoms with Gasteiger partial charge in [0.05, 0.1) is 17.3 Å². The largest absolute Gasteiger partial charge is 0.312 e. The van der Waals surface area contributed by atoms with Gasteiger partial charge in [-0.05, 0) is 38.1 Å². The molecule has 2 aromatic carbocycles. The molecule has 0 radical (unpaired) electrons. The Hall–Kier alpha value is -3.49.